The molecule has 2 rings (SSSR count). The molecule has 0 spiro atoms. The van der Waals surface area contributed by atoms with Crippen molar-refractivity contribution in [2.24, 2.45) is 0 Å². The predicted octanol–water partition coefficient (Wildman–Crippen LogP) is 4.34. The van der Waals surface area contributed by atoms with Gasteiger partial charge in [-0.15, -0.1) is 0 Å². The van der Waals surface area contributed by atoms with Gasteiger partial charge < -0.3 is 4.74 Å². The molecular formula is C18H20BrF2N3O2. The summed E-state index contributed by atoms with van der Waals surface area (Å²) in [5.74, 6) is -0.000108. The monoisotopic (exact) mass is 427 g/mol. The molecule has 0 aliphatic rings. The fraction of sp³-hybridized carbons (Fsp3) is 0.444. The number of hydrogen-bond acceptors (Lipinski definition) is 3. The first-order valence-electron chi connectivity index (χ1n) is 8.06. The van der Waals surface area contributed by atoms with Crippen molar-refractivity contribution in [2.45, 2.75) is 52.2 Å². The Labute approximate surface area is 158 Å². The largest absolute Gasteiger partial charge is 0.433 e. The summed E-state index contributed by atoms with van der Waals surface area (Å²) in [5, 5.41) is 11.9. The quantitative estimate of drug-likeness (QED) is 0.744. The summed E-state index contributed by atoms with van der Waals surface area (Å²) < 4.78 is 31.8. The van der Waals surface area contributed by atoms with Gasteiger partial charge in [0.1, 0.15) is 5.75 Å². The van der Waals surface area contributed by atoms with Crippen molar-refractivity contribution in [1.29, 1.82) is 5.26 Å². The van der Waals surface area contributed by atoms with Crippen LogP contribution >= 0.6 is 15.9 Å². The molecule has 0 radical (unpaired) electrons. The number of para-hydroxylation sites is 1. The van der Waals surface area contributed by atoms with Crippen LogP contribution in [0.2, 0.25) is 0 Å². The van der Waals surface area contributed by atoms with Gasteiger partial charge in [-0.2, -0.15) is 14.0 Å². The Kier molecular flexibility index (Phi) is 6.24. The van der Waals surface area contributed by atoms with E-state index in [9.17, 15) is 13.6 Å². The number of hydrogen-bond donors (Lipinski definition) is 1. The zero-order chi connectivity index (χ0) is 19.5. The second-order valence-electron chi connectivity index (χ2n) is 6.87. The number of nitrogens with zero attached hydrogens (tertiary/aromatic N) is 2. The molecule has 1 aromatic heterocycles. The van der Waals surface area contributed by atoms with Crippen LogP contribution in [0.15, 0.2) is 27.5 Å². The molecule has 2 aromatic rings. The molecule has 1 N–H and O–H groups in total. The van der Waals surface area contributed by atoms with E-state index in [1.807, 2.05) is 26.8 Å². The van der Waals surface area contributed by atoms with Gasteiger partial charge in [-0.3, -0.25) is 9.89 Å². The minimum Gasteiger partial charge on any atom is -0.433 e. The Bertz CT molecular complexity index is 876. The highest BCUT2D eigenvalue weighted by Gasteiger charge is 2.25. The Morgan fingerprint density at radius 1 is 1.38 bits per heavy atom. The van der Waals surface area contributed by atoms with Crippen LogP contribution in [-0.4, -0.2) is 16.4 Å². The number of halogens is 3. The van der Waals surface area contributed by atoms with Crippen molar-refractivity contribution in [3.05, 3.63) is 49.8 Å². The van der Waals surface area contributed by atoms with E-state index in [1.54, 1.807) is 18.2 Å². The smallest absolute Gasteiger partial charge is 0.387 e. The average molecular weight is 428 g/mol. The van der Waals surface area contributed by atoms with E-state index in [0.29, 0.717) is 22.0 Å². The molecule has 0 saturated heterocycles. The number of alkyl halides is 2. The number of benzene rings is 1. The van der Waals surface area contributed by atoms with E-state index < -0.39 is 6.61 Å². The van der Waals surface area contributed by atoms with Crippen molar-refractivity contribution in [3.8, 4) is 11.8 Å². The number of rotatable bonds is 6. The Morgan fingerprint density at radius 3 is 2.65 bits per heavy atom. The van der Waals surface area contributed by atoms with Crippen molar-refractivity contribution in [1.82, 2.24) is 9.78 Å². The lowest BCUT2D eigenvalue weighted by Crippen LogP contribution is -2.20. The van der Waals surface area contributed by atoms with Crippen LogP contribution in [-0.2, 0) is 18.4 Å². The molecule has 140 valence electrons. The average Bonchev–Trinajstić information content (AvgIpc) is 2.85. The molecule has 0 aliphatic heterocycles. The van der Waals surface area contributed by atoms with Gasteiger partial charge in [0.15, 0.2) is 0 Å². The normalized spacial score (nSPS) is 11.6. The highest BCUT2D eigenvalue weighted by molar-refractivity contribution is 9.10. The van der Waals surface area contributed by atoms with Crippen molar-refractivity contribution >= 4 is 15.9 Å². The number of nitrogens with one attached hydrogen (secondary N) is 1. The van der Waals surface area contributed by atoms with E-state index in [-0.39, 0.29) is 29.7 Å². The van der Waals surface area contributed by atoms with Crippen LogP contribution in [0.4, 0.5) is 8.78 Å². The third kappa shape index (κ3) is 4.52. The molecule has 0 amide bonds. The molecule has 8 heteroatoms. The van der Waals surface area contributed by atoms with Gasteiger partial charge in [0.25, 0.3) is 5.56 Å². The maximum atomic E-state index is 12.8. The number of nitriles is 1. The minimum atomic E-state index is -2.97. The minimum absolute atomic E-state index is 0.000108. The molecule has 0 saturated carbocycles. The lowest BCUT2D eigenvalue weighted by atomic mass is 9.88. The fourth-order valence-electron chi connectivity index (χ4n) is 2.74. The molecule has 0 unspecified atom stereocenters. The summed E-state index contributed by atoms with van der Waals surface area (Å²) in [6.45, 7) is 2.97. The SMILES string of the molecule is CC(C)(C)c1[nH]n(Cc2cccc(Br)c2OC(F)F)c(=O)c1CCC#N. The molecular weight excluding hydrogens is 408 g/mol. The summed E-state index contributed by atoms with van der Waals surface area (Å²) in [6.07, 6.45) is 0.567. The summed E-state index contributed by atoms with van der Waals surface area (Å²) in [7, 11) is 0. The molecule has 5 nitrogen and oxygen atoms in total. The zero-order valence-corrected chi connectivity index (χ0v) is 16.4. The summed E-state index contributed by atoms with van der Waals surface area (Å²) in [4.78, 5) is 12.8. The molecule has 0 fully saturated rings. The summed E-state index contributed by atoms with van der Waals surface area (Å²) in [5.41, 5.74) is 1.15. The second-order valence-corrected chi connectivity index (χ2v) is 7.73. The second kappa shape index (κ2) is 8.04. The number of ether oxygens (including phenoxy) is 1. The van der Waals surface area contributed by atoms with Crippen LogP contribution in [0, 0.1) is 11.3 Å². The first-order chi connectivity index (χ1) is 12.1. The maximum Gasteiger partial charge on any atom is 0.387 e. The van der Waals surface area contributed by atoms with Gasteiger partial charge in [-0.05, 0) is 28.4 Å². The number of aromatic nitrogens is 2. The molecule has 1 heterocycles. The van der Waals surface area contributed by atoms with Crippen LogP contribution in [0.3, 0.4) is 0 Å². The standard InChI is InChI=1S/C18H20BrF2N3O2/c1-18(2,3)15-12(7-5-9-22)16(25)24(23-15)10-11-6-4-8-13(19)14(11)26-17(20)21/h4,6,8,17,23H,5,7,10H2,1-3H3. The van der Waals surface area contributed by atoms with Gasteiger partial charge in [-0.25, -0.2) is 4.68 Å². The van der Waals surface area contributed by atoms with Crippen LogP contribution in [0.1, 0.15) is 44.0 Å². The van der Waals surface area contributed by atoms with E-state index in [4.69, 9.17) is 5.26 Å². The van der Waals surface area contributed by atoms with E-state index >= 15 is 0 Å². The number of H-pyrrole nitrogens is 1. The Morgan fingerprint density at radius 2 is 2.08 bits per heavy atom. The van der Waals surface area contributed by atoms with Gasteiger partial charge >= 0.3 is 6.61 Å². The van der Waals surface area contributed by atoms with Gasteiger partial charge in [0, 0.05) is 28.7 Å². The predicted molar refractivity (Wildman–Crippen MR) is 97.6 cm³/mol. The fourth-order valence-corrected chi connectivity index (χ4v) is 3.24. The maximum absolute atomic E-state index is 12.8. The summed E-state index contributed by atoms with van der Waals surface area (Å²) in [6, 6.07) is 6.96. The number of aromatic amines is 1. The van der Waals surface area contributed by atoms with E-state index in [0.717, 1.165) is 5.69 Å². The van der Waals surface area contributed by atoms with Crippen molar-refractivity contribution in [2.75, 3.05) is 0 Å². The van der Waals surface area contributed by atoms with Gasteiger partial charge in [0.2, 0.25) is 0 Å². The summed E-state index contributed by atoms with van der Waals surface area (Å²) >= 11 is 3.20. The Balaban J connectivity index is 2.49. The zero-order valence-electron chi connectivity index (χ0n) is 14.8. The lowest BCUT2D eigenvalue weighted by Gasteiger charge is -2.18. The van der Waals surface area contributed by atoms with Crippen molar-refractivity contribution in [3.63, 3.8) is 0 Å². The molecule has 0 aliphatic carbocycles. The molecule has 0 bridgehead atoms. The Hall–Kier alpha value is -2.14. The molecule has 0 atom stereocenters. The first-order valence-corrected chi connectivity index (χ1v) is 8.85. The van der Waals surface area contributed by atoms with E-state index in [1.165, 1.54) is 4.68 Å². The van der Waals surface area contributed by atoms with Crippen LogP contribution < -0.4 is 10.3 Å². The van der Waals surface area contributed by atoms with Crippen LogP contribution in [0.5, 0.6) is 5.75 Å². The first kappa shape index (κ1) is 20.2. The highest BCUT2D eigenvalue weighted by atomic mass is 79.9. The topological polar surface area (TPSA) is 70.8 Å². The third-order valence-corrected chi connectivity index (χ3v) is 4.50. The van der Waals surface area contributed by atoms with Gasteiger partial charge in [0.05, 0.1) is 17.1 Å². The van der Waals surface area contributed by atoms with E-state index in [2.05, 4.69) is 25.8 Å². The third-order valence-electron chi connectivity index (χ3n) is 3.87. The highest BCUT2D eigenvalue weighted by Crippen LogP contribution is 2.31. The molecule has 26 heavy (non-hydrogen) atoms. The lowest BCUT2D eigenvalue weighted by molar-refractivity contribution is -0.0510. The van der Waals surface area contributed by atoms with Gasteiger partial charge in [-0.1, -0.05) is 32.9 Å². The molecule has 1 aromatic carbocycles. The van der Waals surface area contributed by atoms with Crippen molar-refractivity contribution < 1.29 is 13.5 Å². The van der Waals surface area contributed by atoms with Crippen LogP contribution in [0.25, 0.3) is 0 Å².